The van der Waals surface area contributed by atoms with Crippen LogP contribution in [0.3, 0.4) is 0 Å². The van der Waals surface area contributed by atoms with Crippen LogP contribution < -0.4 is 0 Å². The second-order valence-corrected chi connectivity index (χ2v) is 7.30. The molecular formula is C19H15N3O2S. The van der Waals surface area contributed by atoms with Crippen LogP contribution in [0.2, 0.25) is 0 Å². The molecule has 1 aliphatic rings. The van der Waals surface area contributed by atoms with Crippen LogP contribution >= 0.6 is 0 Å². The van der Waals surface area contributed by atoms with Crippen molar-refractivity contribution in [1.29, 1.82) is 0 Å². The Morgan fingerprint density at radius 1 is 0.960 bits per heavy atom. The first-order valence-electron chi connectivity index (χ1n) is 7.76. The van der Waals surface area contributed by atoms with Crippen molar-refractivity contribution in [2.45, 2.75) is 4.90 Å². The molecule has 5 nitrogen and oxygen atoms in total. The van der Waals surface area contributed by atoms with Crippen LogP contribution in [0.5, 0.6) is 0 Å². The van der Waals surface area contributed by atoms with E-state index < -0.39 is 10.0 Å². The fourth-order valence-electron chi connectivity index (χ4n) is 2.89. The molecule has 0 spiro atoms. The third-order valence-corrected chi connectivity index (χ3v) is 5.44. The van der Waals surface area contributed by atoms with E-state index in [9.17, 15) is 8.42 Å². The SMILES string of the molecule is CN(N=Cc1cccc2ccccc12)C1=NS(=O)(=O)c2ccccc21. The summed E-state index contributed by atoms with van der Waals surface area (Å²) in [7, 11) is -1.95. The Morgan fingerprint density at radius 3 is 2.56 bits per heavy atom. The Hall–Kier alpha value is -2.99. The Balaban J connectivity index is 1.71. The van der Waals surface area contributed by atoms with E-state index in [4.69, 9.17) is 0 Å². The Kier molecular flexibility index (Phi) is 3.62. The minimum Gasteiger partial charge on any atom is -0.250 e. The first-order chi connectivity index (χ1) is 12.1. The van der Waals surface area contributed by atoms with E-state index in [2.05, 4.69) is 9.50 Å². The largest absolute Gasteiger partial charge is 0.285 e. The van der Waals surface area contributed by atoms with Gasteiger partial charge in [-0.05, 0) is 22.9 Å². The van der Waals surface area contributed by atoms with E-state index in [0.29, 0.717) is 11.4 Å². The number of fused-ring (bicyclic) bond motifs is 2. The number of hydrogen-bond acceptors (Lipinski definition) is 4. The lowest BCUT2D eigenvalue weighted by atomic mass is 10.1. The third-order valence-electron chi connectivity index (χ3n) is 4.11. The molecule has 124 valence electrons. The van der Waals surface area contributed by atoms with Gasteiger partial charge in [-0.15, -0.1) is 4.40 Å². The third kappa shape index (κ3) is 2.70. The molecule has 6 heteroatoms. The van der Waals surface area contributed by atoms with Crippen LogP contribution in [0.1, 0.15) is 11.1 Å². The van der Waals surface area contributed by atoms with Crippen molar-refractivity contribution in [2.24, 2.45) is 9.50 Å². The number of nitrogens with zero attached hydrogens (tertiary/aromatic N) is 3. The Bertz CT molecular complexity index is 1130. The average molecular weight is 349 g/mol. The topological polar surface area (TPSA) is 62.1 Å². The zero-order valence-corrected chi connectivity index (χ0v) is 14.3. The lowest BCUT2D eigenvalue weighted by Crippen LogP contribution is -2.21. The lowest BCUT2D eigenvalue weighted by Gasteiger charge is -2.12. The fourth-order valence-corrected chi connectivity index (χ4v) is 4.12. The summed E-state index contributed by atoms with van der Waals surface area (Å²) in [5.41, 5.74) is 1.53. The summed E-state index contributed by atoms with van der Waals surface area (Å²) in [6, 6.07) is 20.8. The van der Waals surface area contributed by atoms with E-state index in [0.717, 1.165) is 16.3 Å². The Morgan fingerprint density at radius 2 is 1.68 bits per heavy atom. The molecule has 0 atom stereocenters. The zero-order valence-electron chi connectivity index (χ0n) is 13.5. The van der Waals surface area contributed by atoms with E-state index in [1.807, 2.05) is 42.5 Å². The van der Waals surface area contributed by atoms with E-state index in [-0.39, 0.29) is 4.90 Å². The quantitative estimate of drug-likeness (QED) is 0.527. The van der Waals surface area contributed by atoms with Crippen LogP contribution in [-0.4, -0.2) is 32.5 Å². The first-order valence-corrected chi connectivity index (χ1v) is 9.20. The minimum atomic E-state index is -3.65. The second kappa shape index (κ2) is 5.82. The molecule has 0 bridgehead atoms. The molecule has 0 saturated heterocycles. The molecule has 0 saturated carbocycles. The summed E-state index contributed by atoms with van der Waals surface area (Å²) in [6.45, 7) is 0. The molecule has 0 fully saturated rings. The van der Waals surface area contributed by atoms with Crippen molar-refractivity contribution in [3.63, 3.8) is 0 Å². The van der Waals surface area contributed by atoms with Crippen molar-refractivity contribution < 1.29 is 8.42 Å². The highest BCUT2D eigenvalue weighted by atomic mass is 32.2. The average Bonchev–Trinajstić information content (AvgIpc) is 2.91. The van der Waals surface area contributed by atoms with Gasteiger partial charge in [0.25, 0.3) is 10.0 Å². The van der Waals surface area contributed by atoms with Gasteiger partial charge >= 0.3 is 0 Å². The minimum absolute atomic E-state index is 0.220. The maximum Gasteiger partial charge on any atom is 0.285 e. The molecule has 3 aromatic carbocycles. The van der Waals surface area contributed by atoms with Crippen LogP contribution in [0.15, 0.2) is 81.1 Å². The fraction of sp³-hybridized carbons (Fsp3) is 0.0526. The monoisotopic (exact) mass is 349 g/mol. The molecular weight excluding hydrogens is 334 g/mol. The second-order valence-electron chi connectivity index (χ2n) is 5.72. The summed E-state index contributed by atoms with van der Waals surface area (Å²) < 4.78 is 28.2. The highest BCUT2D eigenvalue weighted by molar-refractivity contribution is 7.90. The van der Waals surface area contributed by atoms with Crippen molar-refractivity contribution >= 4 is 32.8 Å². The maximum atomic E-state index is 12.2. The summed E-state index contributed by atoms with van der Waals surface area (Å²) in [4.78, 5) is 0.220. The van der Waals surface area contributed by atoms with E-state index >= 15 is 0 Å². The van der Waals surface area contributed by atoms with Crippen LogP contribution in [0.4, 0.5) is 0 Å². The summed E-state index contributed by atoms with van der Waals surface area (Å²) >= 11 is 0. The number of benzene rings is 3. The molecule has 25 heavy (non-hydrogen) atoms. The van der Waals surface area contributed by atoms with Crippen LogP contribution in [-0.2, 0) is 10.0 Å². The molecule has 4 rings (SSSR count). The smallest absolute Gasteiger partial charge is 0.250 e. The van der Waals surface area contributed by atoms with Gasteiger partial charge in [-0.3, -0.25) is 0 Å². The van der Waals surface area contributed by atoms with E-state index in [1.165, 1.54) is 5.01 Å². The van der Waals surface area contributed by atoms with Crippen molar-refractivity contribution in [3.05, 3.63) is 77.9 Å². The normalized spacial score (nSPS) is 15.3. The highest BCUT2D eigenvalue weighted by Gasteiger charge is 2.30. The Labute approximate surface area is 146 Å². The summed E-state index contributed by atoms with van der Waals surface area (Å²) in [5, 5.41) is 8.11. The van der Waals surface area contributed by atoms with Gasteiger partial charge < -0.3 is 0 Å². The molecule has 0 N–H and O–H groups in total. The lowest BCUT2D eigenvalue weighted by molar-refractivity contribution is 0.549. The summed E-state index contributed by atoms with van der Waals surface area (Å²) in [5.74, 6) is 0.326. The molecule has 0 aromatic heterocycles. The van der Waals surface area contributed by atoms with Crippen molar-refractivity contribution in [1.82, 2.24) is 5.01 Å². The molecule has 0 amide bonds. The van der Waals surface area contributed by atoms with E-state index in [1.54, 1.807) is 37.5 Å². The molecule has 0 aliphatic carbocycles. The number of sulfonamides is 1. The standard InChI is InChI=1S/C19H15N3O2S/c1-22(19-17-11-4-5-12-18(17)25(23,24)21-19)20-13-15-9-6-8-14-7-2-3-10-16(14)15/h2-13H,1H3. The number of hydrogen-bond donors (Lipinski definition) is 0. The first kappa shape index (κ1) is 15.5. The number of amidine groups is 1. The van der Waals surface area contributed by atoms with Gasteiger partial charge in [0.15, 0.2) is 5.84 Å². The highest BCUT2D eigenvalue weighted by Crippen LogP contribution is 2.27. The number of rotatable bonds is 2. The molecule has 1 heterocycles. The van der Waals surface area contributed by atoms with Gasteiger partial charge in [-0.1, -0.05) is 54.6 Å². The number of hydrazone groups is 1. The predicted octanol–water partition coefficient (Wildman–Crippen LogP) is 3.25. The zero-order chi connectivity index (χ0) is 17.4. The van der Waals surface area contributed by atoms with Crippen LogP contribution in [0, 0.1) is 0 Å². The van der Waals surface area contributed by atoms with Crippen LogP contribution in [0.25, 0.3) is 10.8 Å². The maximum absolute atomic E-state index is 12.2. The molecule has 0 radical (unpaired) electrons. The summed E-state index contributed by atoms with van der Waals surface area (Å²) in [6.07, 6.45) is 1.72. The molecule has 1 aliphatic heterocycles. The van der Waals surface area contributed by atoms with Gasteiger partial charge in [0.1, 0.15) is 4.90 Å². The molecule has 0 unspecified atom stereocenters. The van der Waals surface area contributed by atoms with Gasteiger partial charge in [-0.2, -0.15) is 13.5 Å². The predicted molar refractivity (Wildman–Crippen MR) is 99.5 cm³/mol. The van der Waals surface area contributed by atoms with Gasteiger partial charge in [-0.25, -0.2) is 5.01 Å². The van der Waals surface area contributed by atoms with Crippen molar-refractivity contribution in [3.8, 4) is 0 Å². The van der Waals surface area contributed by atoms with Crippen molar-refractivity contribution in [2.75, 3.05) is 7.05 Å². The van der Waals surface area contributed by atoms with Gasteiger partial charge in [0, 0.05) is 18.2 Å². The van der Waals surface area contributed by atoms with Gasteiger partial charge in [0.05, 0.1) is 6.21 Å². The molecule has 3 aromatic rings. The van der Waals surface area contributed by atoms with Gasteiger partial charge in [0.2, 0.25) is 0 Å².